The predicted molar refractivity (Wildman–Crippen MR) is 117 cm³/mol. The number of hydrogen-bond donors (Lipinski definition) is 0. The number of halogens is 2. The Kier molecular flexibility index (Phi) is 5.46. The van der Waals surface area contributed by atoms with Crippen molar-refractivity contribution in [2.24, 2.45) is 0 Å². The van der Waals surface area contributed by atoms with Crippen LogP contribution in [0.5, 0.6) is 0 Å². The smallest absolute Gasteiger partial charge is 0.255 e. The van der Waals surface area contributed by atoms with Crippen molar-refractivity contribution in [3.8, 4) is 0 Å². The van der Waals surface area contributed by atoms with Gasteiger partial charge in [0.15, 0.2) is 15.0 Å². The second-order valence-electron chi connectivity index (χ2n) is 6.80. The van der Waals surface area contributed by atoms with Gasteiger partial charge in [0.05, 0.1) is 25.7 Å². The fourth-order valence-corrected chi connectivity index (χ4v) is 5.46. The van der Waals surface area contributed by atoms with Gasteiger partial charge in [0, 0.05) is 37.5 Å². The third-order valence-electron chi connectivity index (χ3n) is 4.78. The number of aromatic nitrogens is 1. The fourth-order valence-electron chi connectivity index (χ4n) is 3.19. The molecule has 2 heterocycles. The van der Waals surface area contributed by atoms with Crippen LogP contribution in [-0.2, 0) is 9.84 Å². The molecule has 29 heavy (non-hydrogen) atoms. The van der Waals surface area contributed by atoms with Crippen molar-refractivity contribution in [1.29, 1.82) is 0 Å². The van der Waals surface area contributed by atoms with Gasteiger partial charge in [-0.15, -0.1) is 0 Å². The van der Waals surface area contributed by atoms with Crippen LogP contribution in [0.4, 0.5) is 5.13 Å². The maximum absolute atomic E-state index is 12.8. The van der Waals surface area contributed by atoms with Crippen LogP contribution in [0.25, 0.3) is 10.2 Å². The Bertz CT molecular complexity index is 1200. The van der Waals surface area contributed by atoms with E-state index in [1.165, 1.54) is 17.6 Å². The van der Waals surface area contributed by atoms with E-state index in [1.807, 2.05) is 0 Å². The normalized spacial score (nSPS) is 15.1. The monoisotopic (exact) mass is 469 g/mol. The van der Waals surface area contributed by atoms with E-state index in [-0.39, 0.29) is 10.8 Å². The lowest BCUT2D eigenvalue weighted by Crippen LogP contribution is -2.48. The highest BCUT2D eigenvalue weighted by Gasteiger charge is 2.25. The molecule has 4 rings (SSSR count). The highest BCUT2D eigenvalue weighted by atomic mass is 35.5. The first-order valence-electron chi connectivity index (χ1n) is 8.82. The molecule has 1 aliphatic heterocycles. The van der Waals surface area contributed by atoms with Gasteiger partial charge in [0.2, 0.25) is 0 Å². The minimum Gasteiger partial charge on any atom is -0.345 e. The molecule has 1 fully saturated rings. The molecule has 152 valence electrons. The van der Waals surface area contributed by atoms with Crippen molar-refractivity contribution >= 4 is 65.6 Å². The number of sulfone groups is 1. The van der Waals surface area contributed by atoms with Gasteiger partial charge in [-0.3, -0.25) is 4.79 Å². The molecule has 0 unspecified atom stereocenters. The van der Waals surface area contributed by atoms with E-state index < -0.39 is 9.84 Å². The lowest BCUT2D eigenvalue weighted by molar-refractivity contribution is 0.0747. The summed E-state index contributed by atoms with van der Waals surface area (Å²) in [7, 11) is -3.26. The number of piperazine rings is 1. The molecule has 10 heteroatoms. The number of rotatable bonds is 3. The number of fused-ring (bicyclic) bond motifs is 1. The fraction of sp³-hybridized carbons (Fsp3) is 0.263. The largest absolute Gasteiger partial charge is 0.345 e. The second-order valence-corrected chi connectivity index (χ2v) is 10.7. The summed E-state index contributed by atoms with van der Waals surface area (Å²) in [6, 6.07) is 9.84. The lowest BCUT2D eigenvalue weighted by Gasteiger charge is -2.34. The number of nitrogens with zero attached hydrogens (tertiary/aromatic N) is 3. The summed E-state index contributed by atoms with van der Waals surface area (Å²) in [5, 5.41) is 1.66. The maximum atomic E-state index is 12.8. The number of carbonyl (C=O) groups excluding carboxylic acids is 1. The van der Waals surface area contributed by atoms with Crippen LogP contribution in [0.15, 0.2) is 41.3 Å². The molecule has 0 aliphatic carbocycles. The summed E-state index contributed by atoms with van der Waals surface area (Å²) in [5.41, 5.74) is 1.21. The SMILES string of the molecule is CS(=O)(=O)c1ccc2nc(N3CCN(C(=O)c4ccc(Cl)cc4Cl)CC3)sc2c1. The first-order chi connectivity index (χ1) is 13.7. The molecular weight excluding hydrogens is 453 g/mol. The summed E-state index contributed by atoms with van der Waals surface area (Å²) in [6.07, 6.45) is 1.19. The molecule has 6 nitrogen and oxygen atoms in total. The molecule has 0 saturated carbocycles. The van der Waals surface area contributed by atoms with Crippen molar-refractivity contribution in [1.82, 2.24) is 9.88 Å². The van der Waals surface area contributed by atoms with Crippen LogP contribution >= 0.6 is 34.5 Å². The summed E-state index contributed by atoms with van der Waals surface area (Å²) < 4.78 is 24.4. The Morgan fingerprint density at radius 3 is 2.45 bits per heavy atom. The zero-order chi connectivity index (χ0) is 20.8. The first-order valence-corrected chi connectivity index (χ1v) is 12.3. The van der Waals surface area contributed by atoms with Gasteiger partial charge in [0.25, 0.3) is 5.91 Å². The van der Waals surface area contributed by atoms with Crippen LogP contribution in [0, 0.1) is 0 Å². The molecule has 1 aromatic heterocycles. The topological polar surface area (TPSA) is 70.6 Å². The van der Waals surface area contributed by atoms with Crippen molar-refractivity contribution < 1.29 is 13.2 Å². The average Bonchev–Trinajstić information content (AvgIpc) is 3.10. The third kappa shape index (κ3) is 4.21. The van der Waals surface area contributed by atoms with E-state index in [1.54, 1.807) is 41.3 Å². The first kappa shape index (κ1) is 20.4. The zero-order valence-electron chi connectivity index (χ0n) is 15.4. The Balaban J connectivity index is 1.48. The number of anilines is 1. The van der Waals surface area contributed by atoms with Crippen LogP contribution in [-0.4, -0.2) is 56.6 Å². The standard InChI is InChI=1S/C19H17Cl2N3O3S2/c1-29(26,27)13-3-5-16-17(11-13)28-19(22-16)24-8-6-23(7-9-24)18(25)14-4-2-12(20)10-15(14)21/h2-5,10-11H,6-9H2,1H3. The number of carbonyl (C=O) groups is 1. The van der Waals surface area contributed by atoms with E-state index in [2.05, 4.69) is 9.88 Å². The van der Waals surface area contributed by atoms with Gasteiger partial charge in [-0.05, 0) is 36.4 Å². The Morgan fingerprint density at radius 1 is 1.07 bits per heavy atom. The highest BCUT2D eigenvalue weighted by Crippen LogP contribution is 2.31. The second kappa shape index (κ2) is 7.75. The molecular formula is C19H17Cl2N3O3S2. The van der Waals surface area contributed by atoms with Gasteiger partial charge in [0.1, 0.15) is 0 Å². The van der Waals surface area contributed by atoms with Crippen LogP contribution in [0.2, 0.25) is 10.0 Å². The minimum absolute atomic E-state index is 0.117. The van der Waals surface area contributed by atoms with Gasteiger partial charge < -0.3 is 9.80 Å². The van der Waals surface area contributed by atoms with Crippen molar-refractivity contribution in [3.05, 3.63) is 52.0 Å². The molecule has 1 amide bonds. The zero-order valence-corrected chi connectivity index (χ0v) is 18.6. The molecule has 0 N–H and O–H groups in total. The van der Waals surface area contributed by atoms with E-state index >= 15 is 0 Å². The van der Waals surface area contributed by atoms with E-state index in [0.717, 1.165) is 15.3 Å². The summed E-state index contributed by atoms with van der Waals surface area (Å²) in [5.74, 6) is -0.117. The minimum atomic E-state index is -3.26. The lowest BCUT2D eigenvalue weighted by atomic mass is 10.2. The molecule has 0 radical (unpaired) electrons. The Morgan fingerprint density at radius 2 is 1.79 bits per heavy atom. The predicted octanol–water partition coefficient (Wildman–Crippen LogP) is 3.97. The van der Waals surface area contributed by atoms with Crippen molar-refractivity contribution in [2.75, 3.05) is 37.3 Å². The van der Waals surface area contributed by atoms with Crippen molar-refractivity contribution in [3.63, 3.8) is 0 Å². The maximum Gasteiger partial charge on any atom is 0.255 e. The van der Waals surface area contributed by atoms with Gasteiger partial charge >= 0.3 is 0 Å². The number of hydrogen-bond acceptors (Lipinski definition) is 6. The van der Waals surface area contributed by atoms with Crippen LogP contribution in [0.1, 0.15) is 10.4 Å². The van der Waals surface area contributed by atoms with Gasteiger partial charge in [-0.1, -0.05) is 34.5 Å². The number of amides is 1. The molecule has 2 aromatic carbocycles. The Hall–Kier alpha value is -1.87. The summed E-state index contributed by atoms with van der Waals surface area (Å²) in [6.45, 7) is 2.36. The molecule has 1 aliphatic rings. The van der Waals surface area contributed by atoms with Gasteiger partial charge in [-0.25, -0.2) is 13.4 Å². The molecule has 0 atom stereocenters. The van der Waals surface area contributed by atoms with Gasteiger partial charge in [-0.2, -0.15) is 0 Å². The summed E-state index contributed by atoms with van der Waals surface area (Å²) >= 11 is 13.5. The van der Waals surface area contributed by atoms with Crippen LogP contribution in [0.3, 0.4) is 0 Å². The van der Waals surface area contributed by atoms with E-state index in [9.17, 15) is 13.2 Å². The molecule has 0 spiro atoms. The third-order valence-corrected chi connectivity index (χ3v) is 7.51. The number of benzene rings is 2. The molecule has 0 bridgehead atoms. The Labute approximate surface area is 182 Å². The molecule has 1 saturated heterocycles. The average molecular weight is 470 g/mol. The van der Waals surface area contributed by atoms with Crippen LogP contribution < -0.4 is 4.90 Å². The van der Waals surface area contributed by atoms with Crippen molar-refractivity contribution in [2.45, 2.75) is 4.90 Å². The van der Waals surface area contributed by atoms with E-state index in [0.29, 0.717) is 41.8 Å². The molecule has 3 aromatic rings. The quantitative estimate of drug-likeness (QED) is 0.580. The number of thiazole rings is 1. The summed E-state index contributed by atoms with van der Waals surface area (Å²) in [4.78, 5) is 21.5. The highest BCUT2D eigenvalue weighted by molar-refractivity contribution is 7.90. The van der Waals surface area contributed by atoms with E-state index in [4.69, 9.17) is 23.2 Å².